The Morgan fingerprint density at radius 3 is 2.70 bits per heavy atom. The Bertz CT molecular complexity index is 865. The fourth-order valence-electron chi connectivity index (χ4n) is 4.41. The second-order valence-corrected chi connectivity index (χ2v) is 7.87. The summed E-state index contributed by atoms with van der Waals surface area (Å²) in [6, 6.07) is 8.95. The van der Waals surface area contributed by atoms with Crippen molar-refractivity contribution in [3.8, 4) is 5.69 Å². The van der Waals surface area contributed by atoms with Gasteiger partial charge in [-0.25, -0.2) is 4.68 Å². The Hall–Kier alpha value is -2.40. The van der Waals surface area contributed by atoms with E-state index in [1.54, 1.807) is 0 Å². The Labute approximate surface area is 161 Å². The highest BCUT2D eigenvalue weighted by Crippen LogP contribution is 2.35. The normalized spacial score (nSPS) is 21.7. The van der Waals surface area contributed by atoms with Gasteiger partial charge in [-0.15, -0.1) is 0 Å². The van der Waals surface area contributed by atoms with Gasteiger partial charge < -0.3 is 10.2 Å². The minimum atomic E-state index is -0.00118. The molecule has 0 fully saturated rings. The maximum Gasteiger partial charge on any atom is 0.246 e. The number of nitrogens with zero attached hydrogens (tertiary/aromatic N) is 3. The average Bonchev–Trinajstić information content (AvgIpc) is 2.99. The van der Waals surface area contributed by atoms with Gasteiger partial charge in [0.2, 0.25) is 5.91 Å². The molecule has 27 heavy (non-hydrogen) atoms. The molecule has 2 aliphatic rings. The molecule has 4 rings (SSSR count). The number of benzene rings is 1. The molecule has 0 bridgehead atoms. The van der Waals surface area contributed by atoms with Gasteiger partial charge in [-0.05, 0) is 36.6 Å². The van der Waals surface area contributed by atoms with E-state index in [1.165, 1.54) is 22.9 Å². The number of hydrogen-bond acceptors (Lipinski definition) is 3. The van der Waals surface area contributed by atoms with E-state index in [0.29, 0.717) is 12.5 Å². The van der Waals surface area contributed by atoms with Crippen molar-refractivity contribution >= 4 is 5.91 Å². The van der Waals surface area contributed by atoms with E-state index >= 15 is 0 Å². The van der Waals surface area contributed by atoms with Crippen molar-refractivity contribution in [1.82, 2.24) is 20.0 Å². The standard InChI is InChI=1S/C22H28N4O/c1-5-20(27)25-13-11-18-21-19(10-12-23-22(21)15(25)4)26(24-18)17-8-6-16(7-9-17)14(2)3/h5-9,14-15,22-23H,1,10-13H2,2-4H3. The molecule has 1 amide bonds. The SMILES string of the molecule is C=CC(=O)N1CCc2nn(-c3ccc(C(C)C)cc3)c3c2C(NCC3)C1C. The predicted molar refractivity (Wildman–Crippen MR) is 107 cm³/mol. The number of carbonyl (C=O) groups is 1. The lowest BCUT2D eigenvalue weighted by atomic mass is 9.93. The first-order valence-corrected chi connectivity index (χ1v) is 9.88. The van der Waals surface area contributed by atoms with Gasteiger partial charge in [-0.2, -0.15) is 5.10 Å². The zero-order chi connectivity index (χ0) is 19.1. The van der Waals surface area contributed by atoms with Crippen LogP contribution in [0.5, 0.6) is 0 Å². The second-order valence-electron chi connectivity index (χ2n) is 7.87. The van der Waals surface area contributed by atoms with Crippen molar-refractivity contribution in [2.45, 2.75) is 51.6 Å². The number of hydrogen-bond donors (Lipinski definition) is 1. The highest BCUT2D eigenvalue weighted by molar-refractivity contribution is 5.87. The largest absolute Gasteiger partial charge is 0.334 e. The highest BCUT2D eigenvalue weighted by Gasteiger charge is 2.37. The molecular weight excluding hydrogens is 336 g/mol. The fraction of sp³-hybridized carbons (Fsp3) is 0.455. The minimum Gasteiger partial charge on any atom is -0.334 e. The summed E-state index contributed by atoms with van der Waals surface area (Å²) in [7, 11) is 0. The van der Waals surface area contributed by atoms with Crippen molar-refractivity contribution in [3.63, 3.8) is 0 Å². The Balaban J connectivity index is 1.75. The number of carbonyl (C=O) groups excluding carboxylic acids is 1. The van der Waals surface area contributed by atoms with Gasteiger partial charge in [-0.3, -0.25) is 4.79 Å². The van der Waals surface area contributed by atoms with E-state index in [0.717, 1.165) is 30.8 Å². The van der Waals surface area contributed by atoms with Crippen LogP contribution in [0, 0.1) is 0 Å². The molecule has 142 valence electrons. The third-order valence-electron chi connectivity index (χ3n) is 5.96. The number of amides is 1. The van der Waals surface area contributed by atoms with Crippen molar-refractivity contribution < 1.29 is 4.79 Å². The molecule has 0 saturated heterocycles. The maximum absolute atomic E-state index is 12.3. The van der Waals surface area contributed by atoms with E-state index < -0.39 is 0 Å². The van der Waals surface area contributed by atoms with E-state index in [1.807, 2.05) is 4.90 Å². The number of aromatic nitrogens is 2. The van der Waals surface area contributed by atoms with Gasteiger partial charge in [0.1, 0.15) is 0 Å². The van der Waals surface area contributed by atoms with Crippen LogP contribution in [0.2, 0.25) is 0 Å². The molecule has 0 spiro atoms. The van der Waals surface area contributed by atoms with Gasteiger partial charge in [0.25, 0.3) is 0 Å². The average molecular weight is 364 g/mol. The van der Waals surface area contributed by atoms with Crippen LogP contribution in [0.25, 0.3) is 5.69 Å². The summed E-state index contributed by atoms with van der Waals surface area (Å²) in [6.45, 7) is 11.8. The molecule has 2 unspecified atom stereocenters. The Morgan fingerprint density at radius 2 is 2.04 bits per heavy atom. The quantitative estimate of drug-likeness (QED) is 0.851. The summed E-state index contributed by atoms with van der Waals surface area (Å²) < 4.78 is 2.13. The predicted octanol–water partition coefficient (Wildman–Crippen LogP) is 3.14. The van der Waals surface area contributed by atoms with Crippen LogP contribution in [0.15, 0.2) is 36.9 Å². The zero-order valence-electron chi connectivity index (χ0n) is 16.4. The highest BCUT2D eigenvalue weighted by atomic mass is 16.2. The van der Waals surface area contributed by atoms with Gasteiger partial charge >= 0.3 is 0 Å². The van der Waals surface area contributed by atoms with Crippen LogP contribution >= 0.6 is 0 Å². The lowest BCUT2D eigenvalue weighted by Gasteiger charge is -2.35. The summed E-state index contributed by atoms with van der Waals surface area (Å²) in [5.74, 6) is 0.522. The topological polar surface area (TPSA) is 50.2 Å². The third-order valence-corrected chi connectivity index (χ3v) is 5.96. The molecule has 5 heteroatoms. The van der Waals surface area contributed by atoms with Crippen LogP contribution < -0.4 is 5.32 Å². The molecule has 1 aromatic heterocycles. The van der Waals surface area contributed by atoms with Gasteiger partial charge in [-0.1, -0.05) is 32.6 Å². The van der Waals surface area contributed by atoms with Crippen LogP contribution in [-0.4, -0.2) is 39.7 Å². The maximum atomic E-state index is 12.3. The van der Waals surface area contributed by atoms with Crippen molar-refractivity contribution in [1.29, 1.82) is 0 Å². The van der Waals surface area contributed by atoms with Crippen molar-refractivity contribution in [2.24, 2.45) is 0 Å². The molecule has 2 aliphatic heterocycles. The van der Waals surface area contributed by atoms with Crippen LogP contribution in [0.1, 0.15) is 55.2 Å². The molecule has 2 atom stereocenters. The summed E-state index contributed by atoms with van der Waals surface area (Å²) >= 11 is 0. The Kier molecular flexibility index (Phi) is 4.64. The molecule has 2 aromatic rings. The number of rotatable bonds is 3. The molecule has 1 N–H and O–H groups in total. The Morgan fingerprint density at radius 1 is 1.30 bits per heavy atom. The summed E-state index contributed by atoms with van der Waals surface area (Å²) in [6.07, 6.45) is 3.15. The van der Waals surface area contributed by atoms with Crippen molar-refractivity contribution in [3.05, 3.63) is 59.4 Å². The van der Waals surface area contributed by atoms with Gasteiger partial charge in [0.15, 0.2) is 0 Å². The van der Waals surface area contributed by atoms with E-state index in [2.05, 4.69) is 61.6 Å². The summed E-state index contributed by atoms with van der Waals surface area (Å²) in [5.41, 5.74) is 6.15. The van der Waals surface area contributed by atoms with Gasteiger partial charge in [0.05, 0.1) is 23.1 Å². The monoisotopic (exact) mass is 364 g/mol. The second kappa shape index (κ2) is 6.97. The molecule has 5 nitrogen and oxygen atoms in total. The van der Waals surface area contributed by atoms with Crippen LogP contribution in [0.3, 0.4) is 0 Å². The van der Waals surface area contributed by atoms with E-state index in [9.17, 15) is 4.79 Å². The first kappa shape index (κ1) is 18.0. The molecular formula is C22H28N4O. The zero-order valence-corrected chi connectivity index (χ0v) is 16.4. The smallest absolute Gasteiger partial charge is 0.246 e. The van der Waals surface area contributed by atoms with Crippen LogP contribution in [-0.2, 0) is 17.6 Å². The first-order valence-electron chi connectivity index (χ1n) is 9.88. The van der Waals surface area contributed by atoms with Crippen LogP contribution in [0.4, 0.5) is 0 Å². The minimum absolute atomic E-state index is 0.00118. The molecule has 3 heterocycles. The van der Waals surface area contributed by atoms with E-state index in [4.69, 9.17) is 5.10 Å². The lowest BCUT2D eigenvalue weighted by Crippen LogP contribution is -2.47. The lowest BCUT2D eigenvalue weighted by molar-refractivity contribution is -0.128. The summed E-state index contributed by atoms with van der Waals surface area (Å²) in [5, 5.41) is 8.61. The molecule has 0 saturated carbocycles. The molecule has 0 radical (unpaired) electrons. The fourth-order valence-corrected chi connectivity index (χ4v) is 4.41. The van der Waals surface area contributed by atoms with Crippen molar-refractivity contribution in [2.75, 3.05) is 13.1 Å². The van der Waals surface area contributed by atoms with Gasteiger partial charge in [0, 0.05) is 37.5 Å². The van der Waals surface area contributed by atoms with E-state index in [-0.39, 0.29) is 18.0 Å². The number of nitrogens with one attached hydrogen (secondary N) is 1. The summed E-state index contributed by atoms with van der Waals surface area (Å²) in [4.78, 5) is 14.2. The first-order chi connectivity index (χ1) is 13.0. The third kappa shape index (κ3) is 3.00. The molecule has 0 aliphatic carbocycles. The molecule has 1 aromatic carbocycles.